The summed E-state index contributed by atoms with van der Waals surface area (Å²) in [6, 6.07) is 34.1. The summed E-state index contributed by atoms with van der Waals surface area (Å²) in [6.45, 7) is 1.24. The minimum absolute atomic E-state index is 0. The van der Waals surface area contributed by atoms with E-state index in [1.165, 1.54) is 44.4 Å². The van der Waals surface area contributed by atoms with E-state index in [1.807, 2.05) is 54.6 Å². The van der Waals surface area contributed by atoms with E-state index in [1.54, 1.807) is 37.4 Å². The predicted molar refractivity (Wildman–Crippen MR) is 201 cm³/mol. The molecule has 269 valence electrons. The average molecular weight is 901 g/mol. The van der Waals surface area contributed by atoms with Crippen molar-refractivity contribution in [1.29, 1.82) is 0 Å². The van der Waals surface area contributed by atoms with Gasteiger partial charge in [0.05, 0.1) is 19.1 Å². The standard InChI is InChI=1S/C31H29F3NOSi.C12H9FN.Ir/c1-20-18-35-26(17-28(20)37(4,5)19-30(2,3)31(32,33)34)25-13-9-12-24-23-15-14-22(16-27(23)36-29(24)25)21-10-7-6-8-11-21;1-9-2-7-12(14-8-9)10-3-5-11(13)6-4-10;/h6-12,14-18H,19H2,1-5H3;2-3,5-8H,1H3;/q2*-1;/i2*1D3;. The van der Waals surface area contributed by atoms with Gasteiger partial charge < -0.3 is 14.4 Å². The molecule has 0 aliphatic rings. The largest absolute Gasteiger partial charge is 0.501 e. The normalized spacial score (nSPS) is 14.2. The molecule has 7 rings (SSSR count). The zero-order valence-electron chi connectivity index (χ0n) is 34.7. The van der Waals surface area contributed by atoms with Crippen LogP contribution in [0, 0.1) is 37.1 Å². The predicted octanol–water partition coefficient (Wildman–Crippen LogP) is 11.9. The monoisotopic (exact) mass is 901 g/mol. The van der Waals surface area contributed by atoms with Crippen molar-refractivity contribution in [1.82, 2.24) is 9.97 Å². The molecule has 0 atom stereocenters. The number of halogens is 4. The van der Waals surface area contributed by atoms with Crippen LogP contribution in [-0.4, -0.2) is 24.2 Å². The SMILES string of the molecule is [2H]C([2H])([2H])c1ccc(-c2[c-]cc(F)cc2)nc1.[2H]C([2H])([2H])c1cnc(-c2[c-]ccc3c2oc2cc(-c4ccccc4)ccc23)cc1[Si](C)(C)CC(C)(C)C(F)(F)F.[Ir]. The number of rotatable bonds is 6. The van der Waals surface area contributed by atoms with Crippen molar-refractivity contribution in [3.8, 4) is 33.6 Å². The molecule has 9 heteroatoms. The molecule has 3 nitrogen and oxygen atoms in total. The summed E-state index contributed by atoms with van der Waals surface area (Å²) in [6.07, 6.45) is -1.82. The molecule has 4 aromatic carbocycles. The van der Waals surface area contributed by atoms with Gasteiger partial charge in [-0.25, -0.2) is 0 Å². The number of aromatic nitrogens is 2. The second-order valence-corrected chi connectivity index (χ2v) is 18.3. The zero-order chi connectivity index (χ0) is 41.6. The summed E-state index contributed by atoms with van der Waals surface area (Å²) in [5.74, 6) is -0.368. The van der Waals surface area contributed by atoms with Crippen molar-refractivity contribution in [2.45, 2.75) is 52.9 Å². The first-order valence-electron chi connectivity index (χ1n) is 19.2. The van der Waals surface area contributed by atoms with E-state index in [2.05, 4.69) is 22.1 Å². The third kappa shape index (κ3) is 8.28. The molecular weight excluding hydrogens is 857 g/mol. The van der Waals surface area contributed by atoms with Gasteiger partial charge in [0.25, 0.3) is 0 Å². The molecule has 3 aromatic heterocycles. The molecule has 0 amide bonds. The first-order valence-corrected chi connectivity index (χ1v) is 19.4. The number of aryl methyl sites for hydroxylation is 2. The maximum atomic E-state index is 13.9. The van der Waals surface area contributed by atoms with E-state index in [0.29, 0.717) is 38.9 Å². The smallest absolute Gasteiger partial charge is 0.393 e. The molecule has 52 heavy (non-hydrogen) atoms. The number of hydrogen-bond acceptors (Lipinski definition) is 3. The molecule has 0 spiro atoms. The Morgan fingerprint density at radius 1 is 0.808 bits per heavy atom. The van der Waals surface area contributed by atoms with Gasteiger partial charge >= 0.3 is 6.18 Å². The van der Waals surface area contributed by atoms with Gasteiger partial charge in [0.2, 0.25) is 0 Å². The summed E-state index contributed by atoms with van der Waals surface area (Å²) >= 11 is 0. The number of benzene rings is 4. The van der Waals surface area contributed by atoms with Crippen LogP contribution in [0.5, 0.6) is 0 Å². The first kappa shape index (κ1) is 31.1. The van der Waals surface area contributed by atoms with Crippen molar-refractivity contribution in [2.24, 2.45) is 5.41 Å². The molecule has 7 aromatic rings. The van der Waals surface area contributed by atoms with Gasteiger partial charge in [-0.15, -0.1) is 48.0 Å². The number of hydrogen-bond donors (Lipinski definition) is 0. The molecular formula is C43H38F4IrN2OSi-2. The van der Waals surface area contributed by atoms with Crippen LogP contribution < -0.4 is 5.19 Å². The Balaban J connectivity index is 0.000000298. The van der Waals surface area contributed by atoms with Crippen molar-refractivity contribution in [3.63, 3.8) is 0 Å². The van der Waals surface area contributed by atoms with Gasteiger partial charge in [-0.3, -0.25) is 4.39 Å². The fourth-order valence-corrected chi connectivity index (χ4v) is 10.2. The molecule has 0 bridgehead atoms. The Labute approximate surface area is 324 Å². The molecule has 0 fully saturated rings. The van der Waals surface area contributed by atoms with E-state index in [9.17, 15) is 17.6 Å². The minimum Gasteiger partial charge on any atom is -0.501 e. The maximum absolute atomic E-state index is 13.9. The fraction of sp³-hybridized carbons (Fsp3) is 0.209. The number of pyridine rings is 2. The van der Waals surface area contributed by atoms with Gasteiger partial charge in [-0.1, -0.05) is 104 Å². The molecule has 1 radical (unpaired) electrons. The van der Waals surface area contributed by atoms with Crippen LogP contribution in [0.3, 0.4) is 0 Å². The third-order valence-electron chi connectivity index (χ3n) is 8.90. The maximum Gasteiger partial charge on any atom is 0.393 e. The second kappa shape index (κ2) is 15.3. The fourth-order valence-electron chi connectivity index (χ4n) is 6.31. The van der Waals surface area contributed by atoms with E-state index in [4.69, 9.17) is 12.6 Å². The Kier molecular flexibility index (Phi) is 9.14. The van der Waals surface area contributed by atoms with Crippen LogP contribution >= 0.6 is 0 Å². The van der Waals surface area contributed by atoms with Crippen LogP contribution in [0.15, 0.2) is 114 Å². The van der Waals surface area contributed by atoms with E-state index >= 15 is 0 Å². The third-order valence-corrected chi connectivity index (χ3v) is 12.5. The summed E-state index contributed by atoms with van der Waals surface area (Å²) in [5.41, 5.74) is 3.63. The number of furan rings is 1. The number of alkyl halides is 3. The van der Waals surface area contributed by atoms with E-state index < -0.39 is 33.4 Å². The van der Waals surface area contributed by atoms with E-state index in [0.717, 1.165) is 21.9 Å². The van der Waals surface area contributed by atoms with Gasteiger partial charge in [-0.2, -0.15) is 13.2 Å². The Morgan fingerprint density at radius 2 is 1.58 bits per heavy atom. The molecule has 0 aliphatic heterocycles. The molecule has 0 N–H and O–H groups in total. The molecule has 0 saturated carbocycles. The zero-order valence-corrected chi connectivity index (χ0v) is 32.1. The number of fused-ring (bicyclic) bond motifs is 3. The second-order valence-electron chi connectivity index (χ2n) is 13.7. The summed E-state index contributed by atoms with van der Waals surface area (Å²) < 4.78 is 106. The molecule has 0 saturated heterocycles. The topological polar surface area (TPSA) is 38.9 Å². The van der Waals surface area contributed by atoms with Crippen LogP contribution in [0.1, 0.15) is 33.2 Å². The first-order chi connectivity index (χ1) is 26.5. The summed E-state index contributed by atoms with van der Waals surface area (Å²) in [4.78, 5) is 8.50. The molecule has 3 heterocycles. The van der Waals surface area contributed by atoms with Gasteiger partial charge in [-0.05, 0) is 59.5 Å². The van der Waals surface area contributed by atoms with E-state index in [-0.39, 0.29) is 43.1 Å². The van der Waals surface area contributed by atoms with Crippen molar-refractivity contribution in [2.75, 3.05) is 0 Å². The molecule has 0 unspecified atom stereocenters. The minimum atomic E-state index is -4.42. The number of nitrogens with zero attached hydrogens (tertiary/aromatic N) is 2. The van der Waals surface area contributed by atoms with Crippen molar-refractivity contribution < 1.29 is 50.3 Å². The van der Waals surface area contributed by atoms with Gasteiger partial charge in [0, 0.05) is 51.9 Å². The van der Waals surface area contributed by atoms with Gasteiger partial charge in [0.15, 0.2) is 0 Å². The quantitative estimate of drug-likeness (QED) is 0.0948. The van der Waals surface area contributed by atoms with Gasteiger partial charge in [0.1, 0.15) is 5.58 Å². The Bertz CT molecular complexity index is 2520. The Morgan fingerprint density at radius 3 is 2.23 bits per heavy atom. The van der Waals surface area contributed by atoms with Crippen LogP contribution in [0.25, 0.3) is 55.6 Å². The summed E-state index contributed by atoms with van der Waals surface area (Å²) in [5, 5.41) is 2.19. The average Bonchev–Trinajstić information content (AvgIpc) is 3.52. The van der Waals surface area contributed by atoms with Crippen LogP contribution in [-0.2, 0) is 20.1 Å². The van der Waals surface area contributed by atoms with Crippen molar-refractivity contribution >= 4 is 35.2 Å². The summed E-state index contributed by atoms with van der Waals surface area (Å²) in [7, 11) is -2.95. The van der Waals surface area contributed by atoms with Crippen LogP contribution in [0.4, 0.5) is 17.6 Å². The Hall–Kier alpha value is -4.43. The molecule has 0 aliphatic carbocycles. The van der Waals surface area contributed by atoms with Crippen LogP contribution in [0.2, 0.25) is 19.1 Å². The van der Waals surface area contributed by atoms with Crippen molar-refractivity contribution in [3.05, 3.63) is 139 Å².